The van der Waals surface area contributed by atoms with Crippen LogP contribution in [0.4, 0.5) is 5.95 Å². The van der Waals surface area contributed by atoms with Gasteiger partial charge in [0.15, 0.2) is 0 Å². The highest BCUT2D eigenvalue weighted by Crippen LogP contribution is 2.38. The zero-order chi connectivity index (χ0) is 14.1. The van der Waals surface area contributed by atoms with E-state index < -0.39 is 0 Å². The first-order valence-electron chi connectivity index (χ1n) is 7.63. The Hall–Kier alpha value is -0.780. The Morgan fingerprint density at radius 1 is 1.35 bits per heavy atom. The van der Waals surface area contributed by atoms with E-state index in [1.54, 1.807) is 0 Å². The van der Waals surface area contributed by atoms with E-state index in [4.69, 9.17) is 5.73 Å². The number of hydrogen-bond donors (Lipinski definition) is 1. The molecule has 3 rings (SSSR count). The molecule has 0 saturated heterocycles. The molecular formula is C16H22IN3. The Morgan fingerprint density at radius 3 is 2.80 bits per heavy atom. The molecule has 0 aliphatic heterocycles. The van der Waals surface area contributed by atoms with Gasteiger partial charge in [0, 0.05) is 9.61 Å². The van der Waals surface area contributed by atoms with Crippen LogP contribution in [0, 0.1) is 9.49 Å². The number of hydrogen-bond acceptors (Lipinski definition) is 2. The molecule has 0 radical (unpaired) electrons. The first-order chi connectivity index (χ1) is 9.70. The molecular weight excluding hydrogens is 361 g/mol. The smallest absolute Gasteiger partial charge is 0.201 e. The van der Waals surface area contributed by atoms with Crippen LogP contribution in [0.3, 0.4) is 0 Å². The number of nitrogen functional groups attached to an aromatic ring is 1. The molecule has 2 aromatic rings. The summed E-state index contributed by atoms with van der Waals surface area (Å²) in [6.45, 7) is 2.28. The maximum absolute atomic E-state index is 6.24. The van der Waals surface area contributed by atoms with Crippen molar-refractivity contribution in [3.63, 3.8) is 0 Å². The average Bonchev–Trinajstić information content (AvgIpc) is 2.77. The summed E-state index contributed by atoms with van der Waals surface area (Å²) < 4.78 is 3.51. The third-order valence-corrected chi connectivity index (χ3v) is 5.29. The number of halogens is 1. The summed E-state index contributed by atoms with van der Waals surface area (Å²) in [6.07, 6.45) is 7.93. The fraction of sp³-hybridized carbons (Fsp3) is 0.562. The number of nitrogens with two attached hydrogens (primary N) is 1. The van der Waals surface area contributed by atoms with Crippen molar-refractivity contribution in [1.29, 1.82) is 0 Å². The van der Waals surface area contributed by atoms with Gasteiger partial charge in [-0.25, -0.2) is 4.98 Å². The molecule has 3 nitrogen and oxygen atoms in total. The highest BCUT2D eigenvalue weighted by Gasteiger charge is 2.26. The second-order valence-corrected chi connectivity index (χ2v) is 7.09. The fourth-order valence-corrected chi connectivity index (χ4v) is 4.16. The van der Waals surface area contributed by atoms with Crippen LogP contribution < -0.4 is 5.73 Å². The molecule has 1 atom stereocenters. The molecule has 1 aromatic heterocycles. The molecule has 4 heteroatoms. The minimum absolute atomic E-state index is 0.500. The minimum atomic E-state index is 0.500. The van der Waals surface area contributed by atoms with Gasteiger partial charge in [0.05, 0.1) is 11.0 Å². The SMILES string of the molecule is CCC(C1CCCCC1)n1c(N)nc2cc(I)ccc21. The van der Waals surface area contributed by atoms with Gasteiger partial charge < -0.3 is 10.3 Å². The molecule has 1 aliphatic carbocycles. The van der Waals surface area contributed by atoms with Gasteiger partial charge in [0.25, 0.3) is 0 Å². The maximum atomic E-state index is 6.24. The quantitative estimate of drug-likeness (QED) is 0.777. The third kappa shape index (κ3) is 2.54. The first kappa shape index (κ1) is 14.2. The number of aromatic nitrogens is 2. The van der Waals surface area contributed by atoms with E-state index in [1.165, 1.54) is 41.2 Å². The van der Waals surface area contributed by atoms with Gasteiger partial charge in [0.1, 0.15) is 0 Å². The van der Waals surface area contributed by atoms with E-state index in [0.29, 0.717) is 12.0 Å². The highest BCUT2D eigenvalue weighted by atomic mass is 127. The molecule has 1 fully saturated rings. The summed E-state index contributed by atoms with van der Waals surface area (Å²) >= 11 is 2.33. The van der Waals surface area contributed by atoms with Gasteiger partial charge in [-0.1, -0.05) is 26.2 Å². The van der Waals surface area contributed by atoms with Gasteiger partial charge in [-0.3, -0.25) is 0 Å². The lowest BCUT2D eigenvalue weighted by Gasteiger charge is -2.31. The number of imidazole rings is 1. The average molecular weight is 383 g/mol. The van der Waals surface area contributed by atoms with Crippen molar-refractivity contribution >= 4 is 39.6 Å². The van der Waals surface area contributed by atoms with Crippen LogP contribution in [-0.2, 0) is 0 Å². The number of fused-ring (bicyclic) bond motifs is 1. The number of anilines is 1. The number of rotatable bonds is 3. The van der Waals surface area contributed by atoms with Gasteiger partial charge in [-0.2, -0.15) is 0 Å². The van der Waals surface area contributed by atoms with Crippen LogP contribution in [0.15, 0.2) is 18.2 Å². The normalized spacial score (nSPS) is 18.5. The van der Waals surface area contributed by atoms with Crippen LogP contribution >= 0.6 is 22.6 Å². The van der Waals surface area contributed by atoms with Crippen molar-refractivity contribution in [2.24, 2.45) is 5.92 Å². The van der Waals surface area contributed by atoms with Gasteiger partial charge in [0.2, 0.25) is 5.95 Å². The van der Waals surface area contributed by atoms with E-state index in [9.17, 15) is 0 Å². The lowest BCUT2D eigenvalue weighted by Crippen LogP contribution is -2.22. The molecule has 1 saturated carbocycles. The van der Waals surface area contributed by atoms with E-state index in [0.717, 1.165) is 17.9 Å². The molecule has 0 amide bonds. The Balaban J connectivity index is 2.04. The molecule has 0 spiro atoms. The van der Waals surface area contributed by atoms with E-state index in [2.05, 4.69) is 57.3 Å². The fourth-order valence-electron chi connectivity index (χ4n) is 3.68. The lowest BCUT2D eigenvalue weighted by molar-refractivity contribution is 0.249. The number of nitrogens with zero attached hydrogens (tertiary/aromatic N) is 2. The molecule has 0 bridgehead atoms. The molecule has 1 heterocycles. The Morgan fingerprint density at radius 2 is 2.10 bits per heavy atom. The topological polar surface area (TPSA) is 43.8 Å². The Labute approximate surface area is 134 Å². The van der Waals surface area contributed by atoms with Crippen molar-refractivity contribution in [2.75, 3.05) is 5.73 Å². The van der Waals surface area contributed by atoms with E-state index in [1.807, 2.05) is 0 Å². The maximum Gasteiger partial charge on any atom is 0.201 e. The summed E-state index contributed by atoms with van der Waals surface area (Å²) in [5.74, 6) is 1.44. The molecule has 2 N–H and O–H groups in total. The summed E-state index contributed by atoms with van der Waals surface area (Å²) in [6, 6.07) is 6.94. The van der Waals surface area contributed by atoms with Crippen LogP contribution in [0.1, 0.15) is 51.5 Å². The predicted octanol–water partition coefficient (Wildman–Crippen LogP) is 4.75. The lowest BCUT2D eigenvalue weighted by atomic mass is 9.82. The summed E-state index contributed by atoms with van der Waals surface area (Å²) in [7, 11) is 0. The second kappa shape index (κ2) is 5.92. The van der Waals surface area contributed by atoms with Gasteiger partial charge >= 0.3 is 0 Å². The van der Waals surface area contributed by atoms with Gasteiger partial charge in [-0.05, 0) is 66.0 Å². The van der Waals surface area contributed by atoms with Crippen molar-refractivity contribution in [3.05, 3.63) is 21.8 Å². The highest BCUT2D eigenvalue weighted by molar-refractivity contribution is 14.1. The van der Waals surface area contributed by atoms with Crippen LogP contribution in [0.25, 0.3) is 11.0 Å². The molecule has 1 unspecified atom stereocenters. The zero-order valence-electron chi connectivity index (χ0n) is 12.0. The van der Waals surface area contributed by atoms with Crippen LogP contribution in [-0.4, -0.2) is 9.55 Å². The van der Waals surface area contributed by atoms with Crippen molar-refractivity contribution in [1.82, 2.24) is 9.55 Å². The summed E-state index contributed by atoms with van der Waals surface area (Å²) in [5.41, 5.74) is 8.46. The minimum Gasteiger partial charge on any atom is -0.369 e. The largest absolute Gasteiger partial charge is 0.369 e. The van der Waals surface area contributed by atoms with Crippen molar-refractivity contribution in [2.45, 2.75) is 51.5 Å². The van der Waals surface area contributed by atoms with Crippen molar-refractivity contribution < 1.29 is 0 Å². The summed E-state index contributed by atoms with van der Waals surface area (Å²) in [4.78, 5) is 4.57. The Bertz CT molecular complexity index is 599. The Kier molecular flexibility index (Phi) is 4.19. The predicted molar refractivity (Wildman–Crippen MR) is 92.8 cm³/mol. The summed E-state index contributed by atoms with van der Waals surface area (Å²) in [5, 5.41) is 0. The molecule has 1 aromatic carbocycles. The monoisotopic (exact) mass is 383 g/mol. The number of benzene rings is 1. The molecule has 1 aliphatic rings. The van der Waals surface area contributed by atoms with Crippen molar-refractivity contribution in [3.8, 4) is 0 Å². The van der Waals surface area contributed by atoms with Crippen LogP contribution in [0.2, 0.25) is 0 Å². The first-order valence-corrected chi connectivity index (χ1v) is 8.71. The molecule has 20 heavy (non-hydrogen) atoms. The van der Waals surface area contributed by atoms with Gasteiger partial charge in [-0.15, -0.1) is 0 Å². The van der Waals surface area contributed by atoms with E-state index in [-0.39, 0.29) is 0 Å². The zero-order valence-corrected chi connectivity index (χ0v) is 14.1. The third-order valence-electron chi connectivity index (χ3n) is 4.62. The van der Waals surface area contributed by atoms with Crippen LogP contribution in [0.5, 0.6) is 0 Å². The molecule has 108 valence electrons. The van der Waals surface area contributed by atoms with E-state index >= 15 is 0 Å². The second-order valence-electron chi connectivity index (χ2n) is 5.85. The standard InChI is InChI=1S/C16H22IN3/c1-2-14(11-6-4-3-5-7-11)20-15-9-8-12(17)10-13(15)19-16(20)18/h8-11,14H,2-7H2,1H3,(H2,18,19).